The maximum absolute atomic E-state index is 13.2. The minimum absolute atomic E-state index is 0.0639. The molecule has 4 rings (SSSR count). The summed E-state index contributed by atoms with van der Waals surface area (Å²) < 4.78 is 5.80. The first-order valence-electron chi connectivity index (χ1n) is 10.1. The van der Waals surface area contributed by atoms with Gasteiger partial charge in [0.1, 0.15) is 5.52 Å². The molecule has 5 heteroatoms. The highest BCUT2D eigenvalue weighted by atomic mass is 16.3. The number of oxazole rings is 1. The summed E-state index contributed by atoms with van der Waals surface area (Å²) in [5, 5.41) is 0. The molecule has 146 valence electrons. The molecule has 0 spiro atoms. The first-order chi connectivity index (χ1) is 13.7. The number of carbonyl (C=O) groups is 1. The largest absolute Gasteiger partial charge is 0.441 e. The number of piperazine rings is 1. The van der Waals surface area contributed by atoms with Gasteiger partial charge in [-0.05, 0) is 37.2 Å². The number of benzene rings is 2. The normalized spacial score (nSPS) is 17.9. The Kier molecular flexibility index (Phi) is 5.44. The SMILES string of the molecule is CCCCc1nc2cc(C(=O)N3CCN(C)[C@H](c4ccccc4)C3)ccc2o1. The molecule has 0 unspecified atom stereocenters. The molecule has 2 heterocycles. The summed E-state index contributed by atoms with van der Waals surface area (Å²) in [4.78, 5) is 22.0. The third-order valence-electron chi connectivity index (χ3n) is 5.54. The van der Waals surface area contributed by atoms with Crippen LogP contribution in [-0.2, 0) is 6.42 Å². The monoisotopic (exact) mass is 377 g/mol. The summed E-state index contributed by atoms with van der Waals surface area (Å²) in [5.74, 6) is 0.819. The van der Waals surface area contributed by atoms with Crippen LogP contribution in [0.2, 0.25) is 0 Å². The quantitative estimate of drug-likeness (QED) is 0.665. The van der Waals surface area contributed by atoms with Crippen LogP contribution in [0.1, 0.15) is 47.6 Å². The van der Waals surface area contributed by atoms with Gasteiger partial charge in [0.15, 0.2) is 11.5 Å². The zero-order valence-corrected chi connectivity index (χ0v) is 16.6. The smallest absolute Gasteiger partial charge is 0.254 e. The van der Waals surface area contributed by atoms with E-state index in [1.54, 1.807) is 0 Å². The van der Waals surface area contributed by atoms with Gasteiger partial charge in [0.05, 0.1) is 6.04 Å². The average molecular weight is 377 g/mol. The number of nitrogens with zero attached hydrogens (tertiary/aromatic N) is 3. The van der Waals surface area contributed by atoms with E-state index < -0.39 is 0 Å². The molecule has 2 aromatic carbocycles. The molecule has 0 aliphatic carbocycles. The predicted octanol–water partition coefficient (Wildman–Crippen LogP) is 4.30. The van der Waals surface area contributed by atoms with Gasteiger partial charge >= 0.3 is 0 Å². The Hall–Kier alpha value is -2.66. The van der Waals surface area contributed by atoms with Crippen LogP contribution in [0.3, 0.4) is 0 Å². The van der Waals surface area contributed by atoms with Crippen LogP contribution in [0.5, 0.6) is 0 Å². The highest BCUT2D eigenvalue weighted by molar-refractivity contribution is 5.97. The van der Waals surface area contributed by atoms with Gasteiger partial charge < -0.3 is 9.32 Å². The van der Waals surface area contributed by atoms with Gasteiger partial charge in [-0.25, -0.2) is 4.98 Å². The summed E-state index contributed by atoms with van der Waals surface area (Å²) in [6.07, 6.45) is 3.00. The Labute approximate surface area is 166 Å². The molecule has 1 saturated heterocycles. The van der Waals surface area contributed by atoms with E-state index in [0.29, 0.717) is 12.1 Å². The van der Waals surface area contributed by atoms with E-state index in [9.17, 15) is 4.79 Å². The van der Waals surface area contributed by atoms with Crippen LogP contribution < -0.4 is 0 Å². The second-order valence-electron chi connectivity index (χ2n) is 7.55. The Morgan fingerprint density at radius 1 is 1.18 bits per heavy atom. The minimum atomic E-state index is 0.0639. The fourth-order valence-corrected chi connectivity index (χ4v) is 3.82. The van der Waals surface area contributed by atoms with Crippen molar-refractivity contribution in [1.29, 1.82) is 0 Å². The van der Waals surface area contributed by atoms with E-state index in [1.165, 1.54) is 5.56 Å². The molecule has 28 heavy (non-hydrogen) atoms. The van der Waals surface area contributed by atoms with Gasteiger partial charge in [-0.15, -0.1) is 0 Å². The molecule has 3 aromatic rings. The number of likely N-dealkylation sites (N-methyl/N-ethyl adjacent to an activating group) is 1. The first-order valence-corrected chi connectivity index (χ1v) is 10.1. The fourth-order valence-electron chi connectivity index (χ4n) is 3.82. The molecule has 0 saturated carbocycles. The van der Waals surface area contributed by atoms with Crippen LogP contribution in [0.15, 0.2) is 52.9 Å². The molecule has 5 nitrogen and oxygen atoms in total. The Morgan fingerprint density at radius 2 is 2.00 bits per heavy atom. The molecule has 1 aliphatic rings. The van der Waals surface area contributed by atoms with Crippen LogP contribution in [-0.4, -0.2) is 47.4 Å². The summed E-state index contributed by atoms with van der Waals surface area (Å²) >= 11 is 0. The van der Waals surface area contributed by atoms with E-state index in [-0.39, 0.29) is 11.9 Å². The van der Waals surface area contributed by atoms with Gasteiger partial charge in [0.2, 0.25) is 0 Å². The molecular formula is C23H27N3O2. The van der Waals surface area contributed by atoms with Crippen molar-refractivity contribution in [2.24, 2.45) is 0 Å². The number of amides is 1. The number of aromatic nitrogens is 1. The Morgan fingerprint density at radius 3 is 2.79 bits per heavy atom. The van der Waals surface area contributed by atoms with Crippen LogP contribution in [0.4, 0.5) is 0 Å². The van der Waals surface area contributed by atoms with Crippen molar-refractivity contribution in [3.05, 3.63) is 65.5 Å². The topological polar surface area (TPSA) is 49.6 Å². The molecule has 0 bridgehead atoms. The maximum Gasteiger partial charge on any atom is 0.254 e. The van der Waals surface area contributed by atoms with E-state index in [1.807, 2.05) is 29.2 Å². The lowest BCUT2D eigenvalue weighted by Gasteiger charge is -2.39. The average Bonchev–Trinajstić information content (AvgIpc) is 3.14. The van der Waals surface area contributed by atoms with Crippen molar-refractivity contribution < 1.29 is 9.21 Å². The minimum Gasteiger partial charge on any atom is -0.441 e. The van der Waals surface area contributed by atoms with Gasteiger partial charge in [0, 0.05) is 31.6 Å². The highest BCUT2D eigenvalue weighted by Crippen LogP contribution is 2.26. The lowest BCUT2D eigenvalue weighted by atomic mass is 10.0. The van der Waals surface area contributed by atoms with Gasteiger partial charge in [-0.1, -0.05) is 43.7 Å². The van der Waals surface area contributed by atoms with Gasteiger partial charge in [-0.2, -0.15) is 0 Å². The molecule has 1 aliphatic heterocycles. The van der Waals surface area contributed by atoms with E-state index in [2.05, 4.69) is 48.1 Å². The van der Waals surface area contributed by atoms with Gasteiger partial charge in [0.25, 0.3) is 5.91 Å². The van der Waals surface area contributed by atoms with Crippen molar-refractivity contribution >= 4 is 17.0 Å². The number of rotatable bonds is 5. The first kappa shape index (κ1) is 18.7. The molecular weight excluding hydrogens is 350 g/mol. The van der Waals surface area contributed by atoms with Crippen LogP contribution in [0.25, 0.3) is 11.1 Å². The van der Waals surface area contributed by atoms with Crippen molar-refractivity contribution in [3.8, 4) is 0 Å². The lowest BCUT2D eigenvalue weighted by molar-refractivity contribution is 0.0546. The summed E-state index contributed by atoms with van der Waals surface area (Å²) in [7, 11) is 2.12. The van der Waals surface area contributed by atoms with Crippen LogP contribution >= 0.6 is 0 Å². The number of unbranched alkanes of at least 4 members (excludes halogenated alkanes) is 1. The number of carbonyl (C=O) groups excluding carboxylic acids is 1. The third kappa shape index (κ3) is 3.80. The number of aryl methyl sites for hydroxylation is 1. The third-order valence-corrected chi connectivity index (χ3v) is 5.54. The number of hydrogen-bond donors (Lipinski definition) is 0. The molecule has 1 atom stereocenters. The molecule has 0 radical (unpaired) electrons. The fraction of sp³-hybridized carbons (Fsp3) is 0.391. The van der Waals surface area contributed by atoms with Crippen molar-refractivity contribution in [2.75, 3.05) is 26.7 Å². The highest BCUT2D eigenvalue weighted by Gasteiger charge is 2.29. The molecule has 1 amide bonds. The van der Waals surface area contributed by atoms with E-state index in [4.69, 9.17) is 4.42 Å². The van der Waals surface area contributed by atoms with E-state index >= 15 is 0 Å². The van der Waals surface area contributed by atoms with Crippen molar-refractivity contribution in [1.82, 2.24) is 14.8 Å². The van der Waals surface area contributed by atoms with Crippen molar-refractivity contribution in [3.63, 3.8) is 0 Å². The second kappa shape index (κ2) is 8.15. The standard InChI is InChI=1S/C23H27N3O2/c1-3-4-10-22-24-19-15-18(11-12-21(19)28-22)23(27)26-14-13-25(2)20(16-26)17-8-6-5-7-9-17/h5-9,11-12,15,20H,3-4,10,13-14,16H2,1-2H3/t20-/m0/s1. The summed E-state index contributed by atoms with van der Waals surface area (Å²) in [6.45, 7) is 4.44. The number of hydrogen-bond acceptors (Lipinski definition) is 4. The molecule has 0 N–H and O–H groups in total. The summed E-state index contributed by atoms with van der Waals surface area (Å²) in [5.41, 5.74) is 3.45. The Bertz CT molecular complexity index is 951. The van der Waals surface area contributed by atoms with Gasteiger partial charge in [-0.3, -0.25) is 9.69 Å². The zero-order valence-electron chi connectivity index (χ0n) is 16.6. The summed E-state index contributed by atoms with van der Waals surface area (Å²) in [6, 6.07) is 16.2. The molecule has 1 aromatic heterocycles. The van der Waals surface area contributed by atoms with Crippen molar-refractivity contribution in [2.45, 2.75) is 32.2 Å². The maximum atomic E-state index is 13.2. The predicted molar refractivity (Wildman–Crippen MR) is 110 cm³/mol. The van der Waals surface area contributed by atoms with E-state index in [0.717, 1.165) is 49.3 Å². The molecule has 1 fully saturated rings. The lowest BCUT2D eigenvalue weighted by Crippen LogP contribution is -2.49. The Balaban J connectivity index is 1.53. The number of fused-ring (bicyclic) bond motifs is 1. The van der Waals surface area contributed by atoms with Crippen LogP contribution in [0, 0.1) is 0 Å². The zero-order chi connectivity index (χ0) is 19.5. The second-order valence-corrected chi connectivity index (χ2v) is 7.55.